The molecule has 0 bridgehead atoms. The summed E-state index contributed by atoms with van der Waals surface area (Å²) in [6, 6.07) is 8.09. The summed E-state index contributed by atoms with van der Waals surface area (Å²) in [7, 11) is -3.40. The third-order valence-electron chi connectivity index (χ3n) is 4.84. The first kappa shape index (κ1) is 18.4. The molecule has 3 rings (SSSR count). The molecule has 0 radical (unpaired) electrons. The van der Waals surface area contributed by atoms with Crippen molar-refractivity contribution in [2.24, 2.45) is 0 Å². The summed E-state index contributed by atoms with van der Waals surface area (Å²) >= 11 is 0. The number of likely N-dealkylation sites (tertiary alicyclic amines) is 1. The molecule has 2 fully saturated rings. The molecule has 25 heavy (non-hydrogen) atoms. The van der Waals surface area contributed by atoms with Crippen molar-refractivity contribution in [1.82, 2.24) is 4.90 Å². The van der Waals surface area contributed by atoms with Gasteiger partial charge in [-0.3, -0.25) is 8.98 Å². The van der Waals surface area contributed by atoms with E-state index >= 15 is 0 Å². The Hall–Kier alpha value is -1.44. The molecule has 1 amide bonds. The Morgan fingerprint density at radius 1 is 1.20 bits per heavy atom. The first-order valence-electron chi connectivity index (χ1n) is 8.91. The minimum atomic E-state index is -3.40. The van der Waals surface area contributed by atoms with Gasteiger partial charge < -0.3 is 9.80 Å². The molecule has 2 aliphatic heterocycles. The van der Waals surface area contributed by atoms with E-state index in [4.69, 9.17) is 4.18 Å². The Bertz CT molecular complexity index is 720. The topological polar surface area (TPSA) is 66.9 Å². The second-order valence-electron chi connectivity index (χ2n) is 6.89. The number of rotatable bonds is 6. The van der Waals surface area contributed by atoms with Crippen LogP contribution in [0.1, 0.15) is 31.2 Å². The van der Waals surface area contributed by atoms with Crippen LogP contribution in [0.15, 0.2) is 24.3 Å². The maximum Gasteiger partial charge on any atom is 0.264 e. The molecule has 2 heterocycles. The van der Waals surface area contributed by atoms with E-state index in [0.717, 1.165) is 57.3 Å². The molecule has 0 aromatic heterocycles. The van der Waals surface area contributed by atoms with Crippen molar-refractivity contribution in [3.63, 3.8) is 0 Å². The highest BCUT2D eigenvalue weighted by atomic mass is 32.2. The van der Waals surface area contributed by atoms with Crippen LogP contribution in [-0.4, -0.2) is 57.8 Å². The molecule has 0 spiro atoms. The zero-order valence-electron chi connectivity index (χ0n) is 14.7. The molecule has 0 N–H and O–H groups in total. The quantitative estimate of drug-likeness (QED) is 0.718. The van der Waals surface area contributed by atoms with E-state index < -0.39 is 10.1 Å². The number of carbonyl (C=O) groups excluding carboxylic acids is 1. The summed E-state index contributed by atoms with van der Waals surface area (Å²) in [5.41, 5.74) is 2.19. The summed E-state index contributed by atoms with van der Waals surface area (Å²) in [5.74, 6) is 0.210. The maximum absolute atomic E-state index is 12.2. The molecule has 2 aliphatic rings. The van der Waals surface area contributed by atoms with Crippen LogP contribution in [0.3, 0.4) is 0 Å². The fourth-order valence-corrected chi connectivity index (χ4v) is 4.30. The number of carbonyl (C=O) groups is 1. The summed E-state index contributed by atoms with van der Waals surface area (Å²) in [5, 5.41) is 0. The molecular weight excluding hydrogens is 340 g/mol. The smallest absolute Gasteiger partial charge is 0.264 e. The third-order valence-corrected chi connectivity index (χ3v) is 5.46. The van der Waals surface area contributed by atoms with Gasteiger partial charge >= 0.3 is 0 Å². The Balaban J connectivity index is 1.60. The highest BCUT2D eigenvalue weighted by Gasteiger charge is 2.26. The number of para-hydroxylation sites is 1. The Morgan fingerprint density at radius 3 is 2.76 bits per heavy atom. The average Bonchev–Trinajstić information content (AvgIpc) is 2.99. The van der Waals surface area contributed by atoms with Gasteiger partial charge in [-0.25, -0.2) is 0 Å². The van der Waals surface area contributed by atoms with Crippen molar-refractivity contribution in [1.29, 1.82) is 0 Å². The minimum Gasteiger partial charge on any atom is -0.312 e. The number of piperidine rings is 1. The number of hydrogen-bond donors (Lipinski definition) is 0. The number of anilines is 1. The number of nitrogens with zero attached hydrogens (tertiary/aromatic N) is 2. The van der Waals surface area contributed by atoms with Crippen molar-refractivity contribution in [2.45, 2.75) is 38.2 Å². The van der Waals surface area contributed by atoms with Gasteiger partial charge in [0.25, 0.3) is 10.1 Å². The molecule has 1 unspecified atom stereocenters. The predicted molar refractivity (Wildman–Crippen MR) is 97.1 cm³/mol. The van der Waals surface area contributed by atoms with E-state index in [1.165, 1.54) is 5.56 Å². The van der Waals surface area contributed by atoms with E-state index in [2.05, 4.69) is 11.0 Å². The third kappa shape index (κ3) is 5.03. The minimum absolute atomic E-state index is 0.210. The van der Waals surface area contributed by atoms with Crippen LogP contribution in [-0.2, 0) is 25.5 Å². The summed E-state index contributed by atoms with van der Waals surface area (Å²) in [6.07, 6.45) is 5.09. The van der Waals surface area contributed by atoms with Crippen molar-refractivity contribution in [3.05, 3.63) is 29.8 Å². The van der Waals surface area contributed by atoms with Crippen LogP contribution in [0.2, 0.25) is 0 Å². The van der Waals surface area contributed by atoms with Gasteiger partial charge in [-0.15, -0.1) is 0 Å². The summed E-state index contributed by atoms with van der Waals surface area (Å²) in [6.45, 7) is 3.11. The lowest BCUT2D eigenvalue weighted by atomic mass is 10.0. The highest BCUT2D eigenvalue weighted by Crippen LogP contribution is 2.26. The molecule has 6 nitrogen and oxygen atoms in total. The van der Waals surface area contributed by atoms with Crippen LogP contribution >= 0.6 is 0 Å². The first-order valence-corrected chi connectivity index (χ1v) is 10.7. The van der Waals surface area contributed by atoms with Gasteiger partial charge in [-0.2, -0.15) is 8.42 Å². The van der Waals surface area contributed by atoms with Gasteiger partial charge in [-0.1, -0.05) is 18.2 Å². The predicted octanol–water partition coefficient (Wildman–Crippen LogP) is 1.80. The maximum atomic E-state index is 12.2. The van der Waals surface area contributed by atoms with Gasteiger partial charge in [0.2, 0.25) is 5.91 Å². The second kappa shape index (κ2) is 7.85. The zero-order chi connectivity index (χ0) is 17.9. The molecule has 0 saturated carbocycles. The van der Waals surface area contributed by atoms with Gasteiger partial charge in [0.05, 0.1) is 12.4 Å². The zero-order valence-corrected chi connectivity index (χ0v) is 15.5. The van der Waals surface area contributed by atoms with Crippen LogP contribution in [0.4, 0.5) is 5.69 Å². The van der Waals surface area contributed by atoms with E-state index in [-0.39, 0.29) is 12.0 Å². The van der Waals surface area contributed by atoms with Gasteiger partial charge in [0.15, 0.2) is 0 Å². The van der Waals surface area contributed by atoms with Crippen LogP contribution in [0, 0.1) is 0 Å². The van der Waals surface area contributed by atoms with Gasteiger partial charge in [0.1, 0.15) is 0 Å². The fraction of sp³-hybridized carbons (Fsp3) is 0.611. The van der Waals surface area contributed by atoms with E-state index in [1.54, 1.807) is 0 Å². The largest absolute Gasteiger partial charge is 0.312 e. The first-order chi connectivity index (χ1) is 11.9. The molecule has 1 aromatic rings. The standard InChI is InChI=1S/C18H26N2O4S/c1-25(22,23)24-16-10-13-19(14-16)12-9-15-6-2-3-7-17(15)20-11-5-4-8-18(20)21/h2-3,6-7,16H,4-5,8-14H2,1H3. The van der Waals surface area contributed by atoms with Crippen molar-refractivity contribution in [2.75, 3.05) is 37.3 Å². The lowest BCUT2D eigenvalue weighted by Crippen LogP contribution is -2.36. The molecule has 1 aromatic carbocycles. The fourth-order valence-electron chi connectivity index (χ4n) is 3.65. The SMILES string of the molecule is CS(=O)(=O)OC1CCN(CCc2ccccc2N2CCCCC2=O)C1. The molecule has 2 saturated heterocycles. The van der Waals surface area contributed by atoms with Crippen LogP contribution in [0.5, 0.6) is 0 Å². The molecule has 0 aliphatic carbocycles. The monoisotopic (exact) mass is 366 g/mol. The Kier molecular flexibility index (Phi) is 5.76. The lowest BCUT2D eigenvalue weighted by molar-refractivity contribution is -0.119. The van der Waals surface area contributed by atoms with Crippen LogP contribution < -0.4 is 4.90 Å². The molecule has 1 atom stereocenters. The van der Waals surface area contributed by atoms with E-state index in [9.17, 15) is 13.2 Å². The highest BCUT2D eigenvalue weighted by molar-refractivity contribution is 7.86. The lowest BCUT2D eigenvalue weighted by Gasteiger charge is -2.29. The molecular formula is C18H26N2O4S. The second-order valence-corrected chi connectivity index (χ2v) is 8.49. The van der Waals surface area contributed by atoms with Crippen molar-refractivity contribution in [3.8, 4) is 0 Å². The Morgan fingerprint density at radius 2 is 2.00 bits per heavy atom. The Labute approximate surface area is 149 Å². The van der Waals surface area contributed by atoms with Crippen LogP contribution in [0.25, 0.3) is 0 Å². The molecule has 138 valence electrons. The average molecular weight is 366 g/mol. The van der Waals surface area contributed by atoms with Crippen molar-refractivity contribution >= 4 is 21.7 Å². The normalized spacial score (nSPS) is 22.5. The number of hydrogen-bond acceptors (Lipinski definition) is 5. The van der Waals surface area contributed by atoms with Gasteiger partial charge in [-0.05, 0) is 37.3 Å². The van der Waals surface area contributed by atoms with E-state index in [0.29, 0.717) is 13.0 Å². The summed E-state index contributed by atoms with van der Waals surface area (Å²) in [4.78, 5) is 16.4. The number of amides is 1. The van der Waals surface area contributed by atoms with Crippen molar-refractivity contribution < 1.29 is 17.4 Å². The molecule has 7 heteroatoms. The van der Waals surface area contributed by atoms with Gasteiger partial charge in [0, 0.05) is 38.3 Å². The van der Waals surface area contributed by atoms with E-state index in [1.807, 2.05) is 23.1 Å². The summed E-state index contributed by atoms with van der Waals surface area (Å²) < 4.78 is 27.6. The number of benzene rings is 1.